The number of hydrazine groups is 1. The standard InChI is InChI=1S/C13H15N3O4/c1-8-9(12(16-20-8)13(17)15-14)7-19-11-6-4-3-5-10(11)18-2/h3-6H,7,14H2,1-2H3,(H,15,17). The molecule has 20 heavy (non-hydrogen) atoms. The highest BCUT2D eigenvalue weighted by atomic mass is 16.5. The second kappa shape index (κ2) is 6.07. The van der Waals surface area contributed by atoms with E-state index in [2.05, 4.69) is 5.16 Å². The van der Waals surface area contributed by atoms with Crippen LogP contribution in [0.15, 0.2) is 28.8 Å². The van der Waals surface area contributed by atoms with Crippen LogP contribution in [0.1, 0.15) is 21.8 Å². The van der Waals surface area contributed by atoms with E-state index in [1.165, 1.54) is 0 Å². The summed E-state index contributed by atoms with van der Waals surface area (Å²) < 4.78 is 15.8. The number of nitrogen functional groups attached to an aromatic ring is 1. The molecule has 0 fully saturated rings. The predicted molar refractivity (Wildman–Crippen MR) is 70.2 cm³/mol. The highest BCUT2D eigenvalue weighted by Gasteiger charge is 2.19. The molecule has 7 nitrogen and oxygen atoms in total. The smallest absolute Gasteiger partial charge is 0.287 e. The number of benzene rings is 1. The molecule has 7 heteroatoms. The van der Waals surface area contributed by atoms with Gasteiger partial charge in [-0.3, -0.25) is 10.2 Å². The number of para-hydroxylation sites is 2. The van der Waals surface area contributed by atoms with Gasteiger partial charge in [-0.15, -0.1) is 0 Å². The first-order chi connectivity index (χ1) is 9.67. The van der Waals surface area contributed by atoms with E-state index >= 15 is 0 Å². The number of aromatic nitrogens is 1. The molecule has 0 spiro atoms. The molecule has 0 aliphatic rings. The second-order valence-corrected chi connectivity index (χ2v) is 3.98. The Hall–Kier alpha value is -2.54. The topological polar surface area (TPSA) is 99.6 Å². The number of nitrogens with one attached hydrogen (secondary N) is 1. The fraction of sp³-hybridized carbons (Fsp3) is 0.231. The molecule has 1 amide bonds. The zero-order valence-corrected chi connectivity index (χ0v) is 11.2. The number of rotatable bonds is 5. The van der Waals surface area contributed by atoms with Crippen molar-refractivity contribution in [2.24, 2.45) is 5.84 Å². The van der Waals surface area contributed by atoms with E-state index in [9.17, 15) is 4.79 Å². The van der Waals surface area contributed by atoms with Crippen LogP contribution in [0.3, 0.4) is 0 Å². The molecule has 0 saturated heterocycles. The van der Waals surface area contributed by atoms with Crippen LogP contribution in [0.5, 0.6) is 11.5 Å². The Morgan fingerprint density at radius 3 is 2.75 bits per heavy atom. The van der Waals surface area contributed by atoms with Gasteiger partial charge < -0.3 is 14.0 Å². The molecule has 0 unspecified atom stereocenters. The van der Waals surface area contributed by atoms with Crippen molar-refractivity contribution in [3.63, 3.8) is 0 Å². The van der Waals surface area contributed by atoms with Gasteiger partial charge in [-0.2, -0.15) is 0 Å². The number of aryl methyl sites for hydroxylation is 1. The van der Waals surface area contributed by atoms with Gasteiger partial charge in [0.2, 0.25) is 0 Å². The summed E-state index contributed by atoms with van der Waals surface area (Å²) in [6, 6.07) is 7.21. The first-order valence-electron chi connectivity index (χ1n) is 5.89. The highest BCUT2D eigenvalue weighted by molar-refractivity contribution is 5.93. The van der Waals surface area contributed by atoms with E-state index in [4.69, 9.17) is 19.8 Å². The Balaban J connectivity index is 2.19. The van der Waals surface area contributed by atoms with Gasteiger partial charge in [0, 0.05) is 0 Å². The Bertz CT molecular complexity index is 609. The van der Waals surface area contributed by atoms with Gasteiger partial charge in [0.1, 0.15) is 12.4 Å². The van der Waals surface area contributed by atoms with E-state index in [-0.39, 0.29) is 12.3 Å². The average molecular weight is 277 g/mol. The number of hydrogen-bond donors (Lipinski definition) is 2. The number of carbonyl (C=O) groups excluding carboxylic acids is 1. The second-order valence-electron chi connectivity index (χ2n) is 3.98. The molecular formula is C13H15N3O4. The predicted octanol–water partition coefficient (Wildman–Crippen LogP) is 1.17. The maximum atomic E-state index is 11.5. The lowest BCUT2D eigenvalue weighted by atomic mass is 10.2. The molecule has 106 valence electrons. The van der Waals surface area contributed by atoms with Crippen molar-refractivity contribution in [2.45, 2.75) is 13.5 Å². The zero-order valence-electron chi connectivity index (χ0n) is 11.2. The molecule has 0 aliphatic carbocycles. The van der Waals surface area contributed by atoms with Crippen LogP contribution in [-0.2, 0) is 6.61 Å². The highest BCUT2D eigenvalue weighted by Crippen LogP contribution is 2.27. The molecule has 0 aliphatic heterocycles. The van der Waals surface area contributed by atoms with Crippen LogP contribution in [0.25, 0.3) is 0 Å². The van der Waals surface area contributed by atoms with Crippen LogP contribution in [0.4, 0.5) is 0 Å². The number of nitrogens with zero attached hydrogens (tertiary/aromatic N) is 1. The van der Waals surface area contributed by atoms with Gasteiger partial charge >= 0.3 is 0 Å². The summed E-state index contributed by atoms with van der Waals surface area (Å²) in [5.74, 6) is 6.23. The maximum Gasteiger partial charge on any atom is 0.287 e. The lowest BCUT2D eigenvalue weighted by Crippen LogP contribution is -2.31. The van der Waals surface area contributed by atoms with Crippen molar-refractivity contribution in [3.05, 3.63) is 41.3 Å². The number of methoxy groups -OCH3 is 1. The average Bonchev–Trinajstić information content (AvgIpc) is 2.85. The van der Waals surface area contributed by atoms with Crippen LogP contribution < -0.4 is 20.7 Å². The molecular weight excluding hydrogens is 262 g/mol. The van der Waals surface area contributed by atoms with Crippen LogP contribution >= 0.6 is 0 Å². The Kier molecular flexibility index (Phi) is 4.21. The molecule has 2 rings (SSSR count). The minimum absolute atomic E-state index is 0.111. The lowest BCUT2D eigenvalue weighted by molar-refractivity contribution is 0.0942. The number of ether oxygens (including phenoxy) is 2. The van der Waals surface area contributed by atoms with Crippen LogP contribution in [-0.4, -0.2) is 18.2 Å². The van der Waals surface area contributed by atoms with Gasteiger partial charge in [0.25, 0.3) is 5.91 Å². The van der Waals surface area contributed by atoms with Crippen LogP contribution in [0, 0.1) is 6.92 Å². The monoisotopic (exact) mass is 277 g/mol. The summed E-state index contributed by atoms with van der Waals surface area (Å²) in [7, 11) is 1.56. The summed E-state index contributed by atoms with van der Waals surface area (Å²) in [5, 5.41) is 3.66. The Morgan fingerprint density at radius 1 is 1.40 bits per heavy atom. The van der Waals surface area contributed by atoms with Crippen LogP contribution in [0.2, 0.25) is 0 Å². The normalized spacial score (nSPS) is 10.2. The first-order valence-corrected chi connectivity index (χ1v) is 5.89. The zero-order chi connectivity index (χ0) is 14.5. The van der Waals surface area contributed by atoms with Crippen molar-refractivity contribution < 1.29 is 18.8 Å². The van der Waals surface area contributed by atoms with E-state index in [1.54, 1.807) is 26.2 Å². The molecule has 0 atom stereocenters. The van der Waals surface area contributed by atoms with E-state index < -0.39 is 5.91 Å². The molecule has 1 aromatic carbocycles. The van der Waals surface area contributed by atoms with Gasteiger partial charge in [0.15, 0.2) is 17.2 Å². The van der Waals surface area contributed by atoms with E-state index in [0.717, 1.165) is 0 Å². The summed E-state index contributed by atoms with van der Waals surface area (Å²) in [6.45, 7) is 1.82. The quantitative estimate of drug-likeness (QED) is 0.483. The van der Waals surface area contributed by atoms with Crippen molar-refractivity contribution in [1.82, 2.24) is 10.6 Å². The Labute approximate surface area is 115 Å². The maximum absolute atomic E-state index is 11.5. The third kappa shape index (κ3) is 2.72. The minimum atomic E-state index is -0.527. The molecule has 2 aromatic rings. The lowest BCUT2D eigenvalue weighted by Gasteiger charge is -2.10. The summed E-state index contributed by atoms with van der Waals surface area (Å²) in [4.78, 5) is 11.5. The SMILES string of the molecule is COc1ccccc1OCc1c(C(=O)NN)noc1C. The first kappa shape index (κ1) is 13.9. The van der Waals surface area contributed by atoms with Crippen molar-refractivity contribution in [2.75, 3.05) is 7.11 Å². The minimum Gasteiger partial charge on any atom is -0.493 e. The summed E-state index contributed by atoms with van der Waals surface area (Å²) >= 11 is 0. The molecule has 1 aromatic heterocycles. The van der Waals surface area contributed by atoms with E-state index in [1.807, 2.05) is 17.6 Å². The fourth-order valence-corrected chi connectivity index (χ4v) is 1.70. The fourth-order valence-electron chi connectivity index (χ4n) is 1.70. The van der Waals surface area contributed by atoms with Crippen molar-refractivity contribution in [1.29, 1.82) is 0 Å². The van der Waals surface area contributed by atoms with Gasteiger partial charge in [-0.25, -0.2) is 5.84 Å². The largest absolute Gasteiger partial charge is 0.493 e. The third-order valence-electron chi connectivity index (χ3n) is 2.77. The van der Waals surface area contributed by atoms with Gasteiger partial charge in [-0.1, -0.05) is 17.3 Å². The third-order valence-corrected chi connectivity index (χ3v) is 2.77. The number of amides is 1. The number of carbonyl (C=O) groups is 1. The molecule has 3 N–H and O–H groups in total. The Morgan fingerprint density at radius 2 is 2.10 bits per heavy atom. The van der Waals surface area contributed by atoms with Gasteiger partial charge in [0.05, 0.1) is 12.7 Å². The summed E-state index contributed by atoms with van der Waals surface area (Å²) in [5.41, 5.74) is 2.67. The van der Waals surface area contributed by atoms with E-state index in [0.29, 0.717) is 22.8 Å². The van der Waals surface area contributed by atoms with Gasteiger partial charge in [-0.05, 0) is 19.1 Å². The molecule has 0 bridgehead atoms. The number of nitrogens with two attached hydrogens (primary N) is 1. The summed E-state index contributed by atoms with van der Waals surface area (Å²) in [6.07, 6.45) is 0. The molecule has 0 saturated carbocycles. The van der Waals surface area contributed by atoms with Crippen molar-refractivity contribution in [3.8, 4) is 11.5 Å². The number of hydrogen-bond acceptors (Lipinski definition) is 6. The molecule has 0 radical (unpaired) electrons. The molecule has 1 heterocycles. The van der Waals surface area contributed by atoms with Crippen molar-refractivity contribution >= 4 is 5.91 Å².